The maximum absolute atomic E-state index is 12.1. The molecule has 128 valence electrons. The molecule has 0 saturated carbocycles. The Labute approximate surface area is 145 Å². The van der Waals surface area contributed by atoms with E-state index in [4.69, 9.17) is 19.6 Å². The van der Waals surface area contributed by atoms with Gasteiger partial charge in [-0.05, 0) is 24.3 Å². The highest BCUT2D eigenvalue weighted by Gasteiger charge is 2.18. The summed E-state index contributed by atoms with van der Waals surface area (Å²) in [5.74, 6) is 1.04. The number of oxime groups is 1. The van der Waals surface area contributed by atoms with E-state index in [1.54, 1.807) is 48.5 Å². The van der Waals surface area contributed by atoms with Crippen molar-refractivity contribution < 1.29 is 19.1 Å². The Hall–Kier alpha value is -3.53. The lowest BCUT2D eigenvalue weighted by atomic mass is 10.1. The molecule has 2 aromatic rings. The third-order valence-corrected chi connectivity index (χ3v) is 3.10. The van der Waals surface area contributed by atoms with Crippen LogP contribution in [0.4, 0.5) is 0 Å². The zero-order chi connectivity index (χ0) is 18.1. The minimum Gasteiger partial charge on any atom is -0.479 e. The van der Waals surface area contributed by atoms with Gasteiger partial charge in [0.2, 0.25) is 0 Å². The first-order valence-electron chi connectivity index (χ1n) is 7.40. The van der Waals surface area contributed by atoms with Crippen LogP contribution in [-0.2, 0) is 9.63 Å². The van der Waals surface area contributed by atoms with Gasteiger partial charge in [-0.25, -0.2) is 0 Å². The Bertz CT molecular complexity index is 812. The summed E-state index contributed by atoms with van der Waals surface area (Å²) in [5, 5.41) is 14.9. The molecule has 0 atom stereocenters. The molecule has 0 unspecified atom stereocenters. The average Bonchev–Trinajstić information content (AvgIpc) is 2.65. The van der Waals surface area contributed by atoms with Crippen molar-refractivity contribution in [3.05, 3.63) is 54.1 Å². The zero-order valence-electron chi connectivity index (χ0n) is 13.9. The van der Waals surface area contributed by atoms with E-state index in [1.165, 1.54) is 14.2 Å². The van der Waals surface area contributed by atoms with Crippen LogP contribution >= 0.6 is 0 Å². The molecule has 0 fully saturated rings. The number of carbonyl (C=O) groups is 1. The molecular formula is C18H17N3O4. The Morgan fingerprint density at radius 1 is 1.20 bits per heavy atom. The SMILES string of the molecule is CNC(=O)C(=NOC)c1ccccc1Oc1cccc(OCC#N)c1. The summed E-state index contributed by atoms with van der Waals surface area (Å²) in [6, 6.07) is 15.7. The molecule has 0 saturated heterocycles. The van der Waals surface area contributed by atoms with Crippen LogP contribution in [0.15, 0.2) is 53.7 Å². The topological polar surface area (TPSA) is 92.9 Å². The van der Waals surface area contributed by atoms with Crippen molar-refractivity contribution in [3.63, 3.8) is 0 Å². The smallest absolute Gasteiger partial charge is 0.273 e. The van der Waals surface area contributed by atoms with E-state index in [9.17, 15) is 4.79 Å². The van der Waals surface area contributed by atoms with Crippen molar-refractivity contribution in [2.24, 2.45) is 5.16 Å². The number of likely N-dealkylation sites (N-methyl/N-ethyl adjacent to an activating group) is 1. The highest BCUT2D eigenvalue weighted by molar-refractivity contribution is 6.45. The molecule has 0 heterocycles. The van der Waals surface area contributed by atoms with Crippen LogP contribution < -0.4 is 14.8 Å². The average molecular weight is 339 g/mol. The van der Waals surface area contributed by atoms with E-state index in [0.717, 1.165) is 0 Å². The highest BCUT2D eigenvalue weighted by Crippen LogP contribution is 2.28. The van der Waals surface area contributed by atoms with E-state index in [-0.39, 0.29) is 12.3 Å². The summed E-state index contributed by atoms with van der Waals surface area (Å²) < 4.78 is 11.1. The van der Waals surface area contributed by atoms with Gasteiger partial charge in [0.25, 0.3) is 5.91 Å². The molecule has 0 aliphatic rings. The lowest BCUT2D eigenvalue weighted by Crippen LogP contribution is -2.28. The number of nitrogens with zero attached hydrogens (tertiary/aromatic N) is 2. The van der Waals surface area contributed by atoms with Gasteiger partial charge < -0.3 is 19.6 Å². The number of nitrogens with one attached hydrogen (secondary N) is 1. The second kappa shape index (κ2) is 8.93. The molecule has 2 aromatic carbocycles. The van der Waals surface area contributed by atoms with Crippen LogP contribution in [0, 0.1) is 11.3 Å². The van der Waals surface area contributed by atoms with E-state index >= 15 is 0 Å². The Morgan fingerprint density at radius 2 is 1.96 bits per heavy atom. The third kappa shape index (κ3) is 4.72. The van der Waals surface area contributed by atoms with Gasteiger partial charge in [-0.2, -0.15) is 5.26 Å². The van der Waals surface area contributed by atoms with E-state index in [2.05, 4.69) is 10.5 Å². The first-order chi connectivity index (χ1) is 12.2. The number of hydrogen-bond donors (Lipinski definition) is 1. The molecule has 0 bridgehead atoms. The quantitative estimate of drug-likeness (QED) is 0.618. The van der Waals surface area contributed by atoms with E-state index in [1.807, 2.05) is 6.07 Å². The molecule has 1 amide bonds. The lowest BCUT2D eigenvalue weighted by Gasteiger charge is -2.12. The monoisotopic (exact) mass is 339 g/mol. The summed E-state index contributed by atoms with van der Waals surface area (Å²) in [5.41, 5.74) is 0.574. The van der Waals surface area contributed by atoms with E-state index < -0.39 is 5.91 Å². The minimum atomic E-state index is -0.399. The first kappa shape index (κ1) is 17.8. The molecule has 1 N–H and O–H groups in total. The molecule has 0 aliphatic heterocycles. The van der Waals surface area contributed by atoms with Gasteiger partial charge >= 0.3 is 0 Å². The molecule has 0 aliphatic carbocycles. The predicted octanol–water partition coefficient (Wildman–Crippen LogP) is 2.48. The van der Waals surface area contributed by atoms with Crippen LogP contribution in [0.25, 0.3) is 0 Å². The Kier molecular flexibility index (Phi) is 6.37. The van der Waals surface area contributed by atoms with Gasteiger partial charge in [0, 0.05) is 13.1 Å². The second-order valence-electron chi connectivity index (χ2n) is 4.72. The van der Waals surface area contributed by atoms with Gasteiger partial charge in [-0.3, -0.25) is 4.79 Å². The van der Waals surface area contributed by atoms with Gasteiger partial charge in [0.1, 0.15) is 30.4 Å². The lowest BCUT2D eigenvalue weighted by molar-refractivity contribution is -0.114. The summed E-state index contributed by atoms with van der Waals surface area (Å²) in [6.45, 7) is -0.0542. The van der Waals surface area contributed by atoms with Crippen LogP contribution in [0.1, 0.15) is 5.56 Å². The maximum Gasteiger partial charge on any atom is 0.273 e. The number of ether oxygens (including phenoxy) is 2. The number of carbonyl (C=O) groups excluding carboxylic acids is 1. The summed E-state index contributed by atoms with van der Waals surface area (Å²) >= 11 is 0. The summed E-state index contributed by atoms with van der Waals surface area (Å²) in [6.07, 6.45) is 0. The van der Waals surface area contributed by atoms with Crippen LogP contribution in [0.2, 0.25) is 0 Å². The largest absolute Gasteiger partial charge is 0.479 e. The number of nitriles is 1. The fourth-order valence-electron chi connectivity index (χ4n) is 2.04. The molecule has 0 radical (unpaired) electrons. The van der Waals surface area contributed by atoms with Gasteiger partial charge in [-0.15, -0.1) is 0 Å². The Morgan fingerprint density at radius 3 is 2.68 bits per heavy atom. The summed E-state index contributed by atoms with van der Waals surface area (Å²) in [4.78, 5) is 16.8. The van der Waals surface area contributed by atoms with Gasteiger partial charge in [-0.1, -0.05) is 23.4 Å². The van der Waals surface area contributed by atoms with Crippen molar-refractivity contribution in [3.8, 4) is 23.3 Å². The first-order valence-corrected chi connectivity index (χ1v) is 7.40. The van der Waals surface area contributed by atoms with Crippen molar-refractivity contribution in [1.82, 2.24) is 5.32 Å². The standard InChI is InChI=1S/C18H17N3O4/c1-20-18(22)17(21-23-2)15-8-3-4-9-16(15)25-14-7-5-6-13(12-14)24-11-10-19/h3-9,12H,11H2,1-2H3,(H,20,22). The molecule has 2 rings (SSSR count). The number of para-hydroxylation sites is 1. The highest BCUT2D eigenvalue weighted by atomic mass is 16.6. The van der Waals surface area contributed by atoms with Crippen LogP contribution in [0.3, 0.4) is 0 Å². The summed E-state index contributed by atoms with van der Waals surface area (Å²) in [7, 11) is 2.87. The predicted molar refractivity (Wildman–Crippen MR) is 91.7 cm³/mol. The molecule has 7 nitrogen and oxygen atoms in total. The van der Waals surface area contributed by atoms with E-state index in [0.29, 0.717) is 22.8 Å². The Balaban J connectivity index is 2.34. The van der Waals surface area contributed by atoms with Gasteiger partial charge in [0.05, 0.1) is 5.56 Å². The molecular weight excluding hydrogens is 322 g/mol. The van der Waals surface area contributed by atoms with Crippen molar-refractivity contribution >= 4 is 11.6 Å². The fourth-order valence-corrected chi connectivity index (χ4v) is 2.04. The number of rotatable bonds is 7. The second-order valence-corrected chi connectivity index (χ2v) is 4.72. The maximum atomic E-state index is 12.1. The molecule has 7 heteroatoms. The van der Waals surface area contributed by atoms with Crippen molar-refractivity contribution in [1.29, 1.82) is 5.26 Å². The zero-order valence-corrected chi connectivity index (χ0v) is 13.9. The third-order valence-electron chi connectivity index (χ3n) is 3.10. The normalized spacial score (nSPS) is 10.5. The van der Waals surface area contributed by atoms with Crippen LogP contribution in [0.5, 0.6) is 17.2 Å². The fraction of sp³-hybridized carbons (Fsp3) is 0.167. The number of hydrogen-bond acceptors (Lipinski definition) is 6. The molecule has 0 spiro atoms. The van der Waals surface area contributed by atoms with Crippen molar-refractivity contribution in [2.45, 2.75) is 0 Å². The molecule has 0 aromatic heterocycles. The number of benzene rings is 2. The van der Waals surface area contributed by atoms with Crippen LogP contribution in [-0.4, -0.2) is 32.4 Å². The molecule has 25 heavy (non-hydrogen) atoms. The number of amides is 1. The van der Waals surface area contributed by atoms with Gasteiger partial charge in [0.15, 0.2) is 12.3 Å². The minimum absolute atomic E-state index is 0.0542. The van der Waals surface area contributed by atoms with Crippen molar-refractivity contribution in [2.75, 3.05) is 20.8 Å².